The highest BCUT2D eigenvalue weighted by atomic mass is 16.4. The summed E-state index contributed by atoms with van der Waals surface area (Å²) in [5.41, 5.74) is 5.46. The van der Waals surface area contributed by atoms with Crippen molar-refractivity contribution in [2.45, 2.75) is 26.8 Å². The van der Waals surface area contributed by atoms with Gasteiger partial charge in [0.1, 0.15) is 0 Å². The monoisotopic (exact) mass is 196 g/mol. The molecular formula is C9H16N4O. The fourth-order valence-corrected chi connectivity index (χ4v) is 1.16. The molecule has 0 unspecified atom stereocenters. The van der Waals surface area contributed by atoms with Crippen LogP contribution in [0.3, 0.4) is 0 Å². The summed E-state index contributed by atoms with van der Waals surface area (Å²) in [6.07, 6.45) is 4.52. The summed E-state index contributed by atoms with van der Waals surface area (Å²) in [7, 11) is 0. The highest BCUT2D eigenvalue weighted by molar-refractivity contribution is 5.93. The predicted octanol–water partition coefficient (Wildman–Crippen LogP) is 1.02. The predicted molar refractivity (Wildman–Crippen MR) is 54.2 cm³/mol. The zero-order valence-electron chi connectivity index (χ0n) is 8.51. The minimum Gasteiger partial charge on any atom is -0.409 e. The van der Waals surface area contributed by atoms with E-state index >= 15 is 0 Å². The van der Waals surface area contributed by atoms with Crippen molar-refractivity contribution in [1.82, 2.24) is 9.55 Å². The molecule has 0 atom stereocenters. The fourth-order valence-electron chi connectivity index (χ4n) is 1.16. The molecule has 0 spiro atoms. The van der Waals surface area contributed by atoms with Crippen molar-refractivity contribution in [3.63, 3.8) is 0 Å². The van der Waals surface area contributed by atoms with E-state index in [0.717, 1.165) is 13.0 Å². The number of amidine groups is 1. The van der Waals surface area contributed by atoms with Crippen LogP contribution in [0, 0.1) is 5.92 Å². The highest BCUT2D eigenvalue weighted by Crippen LogP contribution is 2.05. The quantitative estimate of drug-likeness (QED) is 0.327. The molecule has 3 N–H and O–H groups in total. The van der Waals surface area contributed by atoms with E-state index in [2.05, 4.69) is 24.0 Å². The second kappa shape index (κ2) is 4.64. The van der Waals surface area contributed by atoms with E-state index in [1.807, 2.05) is 10.8 Å². The standard InChI is InChI=1S/C9H16N4O/c1-7(2)3-5-13-6-4-11-9(13)8(10)12-14/h4,6-7,14H,3,5H2,1-2H3,(H2,10,12). The van der Waals surface area contributed by atoms with E-state index in [1.165, 1.54) is 0 Å². The summed E-state index contributed by atoms with van der Waals surface area (Å²) >= 11 is 0. The maximum atomic E-state index is 8.52. The van der Waals surface area contributed by atoms with Gasteiger partial charge in [-0.15, -0.1) is 0 Å². The summed E-state index contributed by atoms with van der Waals surface area (Å²) in [5, 5.41) is 11.4. The van der Waals surface area contributed by atoms with Gasteiger partial charge in [0.15, 0.2) is 5.82 Å². The maximum Gasteiger partial charge on any atom is 0.206 e. The molecular weight excluding hydrogens is 180 g/mol. The number of aryl methyl sites for hydroxylation is 1. The van der Waals surface area contributed by atoms with E-state index in [9.17, 15) is 0 Å². The molecule has 0 aromatic carbocycles. The van der Waals surface area contributed by atoms with E-state index in [-0.39, 0.29) is 5.84 Å². The van der Waals surface area contributed by atoms with Crippen LogP contribution in [0.25, 0.3) is 0 Å². The Labute approximate surface area is 83.2 Å². The summed E-state index contributed by atoms with van der Waals surface area (Å²) in [4.78, 5) is 4.01. The summed E-state index contributed by atoms with van der Waals surface area (Å²) < 4.78 is 1.88. The van der Waals surface area contributed by atoms with Gasteiger partial charge in [-0.3, -0.25) is 0 Å². The van der Waals surface area contributed by atoms with Gasteiger partial charge in [-0.2, -0.15) is 0 Å². The summed E-state index contributed by atoms with van der Waals surface area (Å²) in [6, 6.07) is 0. The molecule has 1 aromatic rings. The topological polar surface area (TPSA) is 76.4 Å². The zero-order chi connectivity index (χ0) is 10.6. The van der Waals surface area contributed by atoms with Crippen LogP contribution in [0.5, 0.6) is 0 Å². The van der Waals surface area contributed by atoms with Gasteiger partial charge in [-0.1, -0.05) is 19.0 Å². The molecule has 1 rings (SSSR count). The molecule has 1 heterocycles. The van der Waals surface area contributed by atoms with Gasteiger partial charge < -0.3 is 15.5 Å². The Balaban J connectivity index is 2.73. The number of nitrogens with two attached hydrogens (primary N) is 1. The zero-order valence-corrected chi connectivity index (χ0v) is 8.51. The second-order valence-electron chi connectivity index (χ2n) is 3.61. The molecule has 1 aromatic heterocycles. The summed E-state index contributed by atoms with van der Waals surface area (Å²) in [5.74, 6) is 1.20. The van der Waals surface area contributed by atoms with E-state index in [1.54, 1.807) is 6.20 Å². The number of imidazole rings is 1. The number of oxime groups is 1. The van der Waals surface area contributed by atoms with Crippen LogP contribution in [0.2, 0.25) is 0 Å². The smallest absolute Gasteiger partial charge is 0.206 e. The van der Waals surface area contributed by atoms with Crippen molar-refractivity contribution in [1.29, 1.82) is 0 Å². The van der Waals surface area contributed by atoms with Crippen molar-refractivity contribution in [2.75, 3.05) is 0 Å². The molecule has 78 valence electrons. The molecule has 0 aliphatic carbocycles. The van der Waals surface area contributed by atoms with Crippen LogP contribution in [-0.4, -0.2) is 20.6 Å². The third kappa shape index (κ3) is 2.48. The van der Waals surface area contributed by atoms with E-state index in [0.29, 0.717) is 11.7 Å². The maximum absolute atomic E-state index is 8.52. The van der Waals surface area contributed by atoms with Crippen LogP contribution < -0.4 is 5.73 Å². The largest absolute Gasteiger partial charge is 0.409 e. The van der Waals surface area contributed by atoms with Crippen LogP contribution in [-0.2, 0) is 6.54 Å². The van der Waals surface area contributed by atoms with E-state index in [4.69, 9.17) is 10.9 Å². The van der Waals surface area contributed by atoms with Gasteiger partial charge in [0.25, 0.3) is 0 Å². The van der Waals surface area contributed by atoms with Crippen molar-refractivity contribution >= 4 is 5.84 Å². The van der Waals surface area contributed by atoms with Crippen molar-refractivity contribution < 1.29 is 5.21 Å². The molecule has 5 nitrogen and oxygen atoms in total. The Hall–Kier alpha value is -1.52. The minimum absolute atomic E-state index is 0.0544. The molecule has 0 fully saturated rings. The second-order valence-corrected chi connectivity index (χ2v) is 3.61. The first-order valence-corrected chi connectivity index (χ1v) is 4.64. The third-order valence-corrected chi connectivity index (χ3v) is 2.00. The van der Waals surface area contributed by atoms with Gasteiger partial charge in [0.05, 0.1) is 0 Å². The average molecular weight is 196 g/mol. The summed E-state index contributed by atoms with van der Waals surface area (Å²) in [6.45, 7) is 5.14. The SMILES string of the molecule is CC(C)CCn1ccnc1C(N)=NO. The lowest BCUT2D eigenvalue weighted by Crippen LogP contribution is -2.20. The molecule has 0 bridgehead atoms. The van der Waals surface area contributed by atoms with E-state index < -0.39 is 0 Å². The Morgan fingerprint density at radius 2 is 2.43 bits per heavy atom. The van der Waals surface area contributed by atoms with Crippen LogP contribution in [0.15, 0.2) is 17.5 Å². The highest BCUT2D eigenvalue weighted by Gasteiger charge is 2.07. The van der Waals surface area contributed by atoms with Gasteiger partial charge in [0, 0.05) is 18.9 Å². The van der Waals surface area contributed by atoms with Crippen molar-refractivity contribution in [3.05, 3.63) is 18.2 Å². The number of hydrogen-bond acceptors (Lipinski definition) is 3. The Bertz CT molecular complexity index is 316. The normalized spacial score (nSPS) is 12.4. The van der Waals surface area contributed by atoms with Gasteiger partial charge in [-0.25, -0.2) is 4.98 Å². The first-order valence-electron chi connectivity index (χ1n) is 4.64. The molecule has 14 heavy (non-hydrogen) atoms. The molecule has 5 heteroatoms. The third-order valence-electron chi connectivity index (χ3n) is 2.00. The number of rotatable bonds is 4. The van der Waals surface area contributed by atoms with Crippen LogP contribution >= 0.6 is 0 Å². The molecule has 0 radical (unpaired) electrons. The van der Waals surface area contributed by atoms with Gasteiger partial charge >= 0.3 is 0 Å². The lowest BCUT2D eigenvalue weighted by molar-refractivity contribution is 0.318. The van der Waals surface area contributed by atoms with Crippen LogP contribution in [0.1, 0.15) is 26.1 Å². The number of hydrogen-bond donors (Lipinski definition) is 2. The van der Waals surface area contributed by atoms with Crippen molar-refractivity contribution in [2.24, 2.45) is 16.8 Å². The number of aromatic nitrogens is 2. The Morgan fingerprint density at radius 3 is 3.00 bits per heavy atom. The first-order chi connectivity index (χ1) is 6.65. The van der Waals surface area contributed by atoms with Gasteiger partial charge in [0.2, 0.25) is 5.84 Å². The lowest BCUT2D eigenvalue weighted by atomic mass is 10.1. The lowest BCUT2D eigenvalue weighted by Gasteiger charge is -2.08. The Morgan fingerprint density at radius 1 is 1.71 bits per heavy atom. The Kier molecular flexibility index (Phi) is 3.50. The average Bonchev–Trinajstić information content (AvgIpc) is 2.61. The molecule has 0 aliphatic rings. The molecule has 0 amide bonds. The van der Waals surface area contributed by atoms with Crippen molar-refractivity contribution in [3.8, 4) is 0 Å². The molecule has 0 aliphatic heterocycles. The van der Waals surface area contributed by atoms with Gasteiger partial charge in [-0.05, 0) is 12.3 Å². The molecule has 0 saturated carbocycles. The first kappa shape index (κ1) is 10.6. The molecule has 0 saturated heterocycles. The number of nitrogens with zero attached hydrogens (tertiary/aromatic N) is 3. The van der Waals surface area contributed by atoms with Crippen LogP contribution in [0.4, 0.5) is 0 Å². The fraction of sp³-hybridized carbons (Fsp3) is 0.556. The minimum atomic E-state index is 0.0544.